The van der Waals surface area contributed by atoms with E-state index in [-0.39, 0.29) is 16.6 Å². The van der Waals surface area contributed by atoms with Crippen molar-refractivity contribution in [3.63, 3.8) is 0 Å². The van der Waals surface area contributed by atoms with Crippen LogP contribution in [0.2, 0.25) is 0 Å². The number of amides is 1. The summed E-state index contributed by atoms with van der Waals surface area (Å²) in [5.41, 5.74) is 1.40. The van der Waals surface area contributed by atoms with Gasteiger partial charge in [-0.3, -0.25) is 9.10 Å². The summed E-state index contributed by atoms with van der Waals surface area (Å²) in [6.07, 6.45) is 2.48. The fourth-order valence-corrected chi connectivity index (χ4v) is 7.30. The molecule has 4 rings (SSSR count). The fourth-order valence-electron chi connectivity index (χ4n) is 4.14. The third kappa shape index (κ3) is 4.67. The molecule has 2 aliphatic rings. The van der Waals surface area contributed by atoms with Crippen molar-refractivity contribution >= 4 is 37.3 Å². The molecular weight excluding hydrogens is 450 g/mol. The molecule has 1 unspecified atom stereocenters. The predicted octanol–water partition coefficient (Wildman–Crippen LogP) is 2.90. The second-order valence-corrected chi connectivity index (χ2v) is 12.3. The van der Waals surface area contributed by atoms with E-state index in [1.165, 1.54) is 20.7 Å². The van der Waals surface area contributed by atoms with Crippen molar-refractivity contribution in [2.75, 3.05) is 35.0 Å². The molecule has 1 atom stereocenters. The van der Waals surface area contributed by atoms with E-state index in [0.717, 1.165) is 12.8 Å². The highest BCUT2D eigenvalue weighted by Gasteiger charge is 2.29. The highest BCUT2D eigenvalue weighted by atomic mass is 32.2. The summed E-state index contributed by atoms with van der Waals surface area (Å²) in [4.78, 5) is 12.8. The molecule has 0 aliphatic carbocycles. The van der Waals surface area contributed by atoms with Gasteiger partial charge < -0.3 is 5.32 Å². The lowest BCUT2D eigenvalue weighted by Gasteiger charge is -2.30. The summed E-state index contributed by atoms with van der Waals surface area (Å²) < 4.78 is 52.7. The Labute approximate surface area is 189 Å². The molecule has 2 fully saturated rings. The summed E-state index contributed by atoms with van der Waals surface area (Å²) in [6, 6.07) is 12.5. The largest absolute Gasteiger partial charge is 0.322 e. The van der Waals surface area contributed by atoms with Crippen LogP contribution in [0.25, 0.3) is 0 Å². The predicted molar refractivity (Wildman–Crippen MR) is 124 cm³/mol. The van der Waals surface area contributed by atoms with Crippen molar-refractivity contribution in [3.8, 4) is 0 Å². The van der Waals surface area contributed by atoms with Gasteiger partial charge in [-0.1, -0.05) is 6.92 Å². The van der Waals surface area contributed by atoms with Gasteiger partial charge in [-0.2, -0.15) is 4.31 Å². The summed E-state index contributed by atoms with van der Waals surface area (Å²) in [5.74, 6) is 0.118. The number of benzene rings is 2. The Hall–Kier alpha value is -2.43. The van der Waals surface area contributed by atoms with E-state index in [4.69, 9.17) is 0 Å². The van der Waals surface area contributed by atoms with Gasteiger partial charge in [0.1, 0.15) is 0 Å². The first kappa shape index (κ1) is 22.8. The van der Waals surface area contributed by atoms with Crippen molar-refractivity contribution in [2.24, 2.45) is 5.92 Å². The van der Waals surface area contributed by atoms with E-state index < -0.39 is 20.0 Å². The highest BCUT2D eigenvalue weighted by Crippen LogP contribution is 2.26. The zero-order valence-electron chi connectivity index (χ0n) is 17.9. The van der Waals surface area contributed by atoms with Gasteiger partial charge in [-0.25, -0.2) is 16.8 Å². The molecule has 172 valence electrons. The van der Waals surface area contributed by atoms with E-state index in [9.17, 15) is 21.6 Å². The zero-order chi connectivity index (χ0) is 22.9. The fraction of sp³-hybridized carbons (Fsp3) is 0.409. The van der Waals surface area contributed by atoms with Crippen LogP contribution in [0.15, 0.2) is 53.4 Å². The maximum absolute atomic E-state index is 12.9. The quantitative estimate of drug-likeness (QED) is 0.713. The standard InChI is InChI=1S/C22H27N3O5S2/c1-17-4-2-13-24(16-17)32(29,30)21-11-7-19(8-12-21)23-22(26)18-5-9-20(10-6-18)25-14-3-15-31(25,27)28/h5-12,17H,2-4,13-16H2,1H3,(H,23,26). The summed E-state index contributed by atoms with van der Waals surface area (Å²) >= 11 is 0. The van der Waals surface area contributed by atoms with Crippen molar-refractivity contribution in [1.82, 2.24) is 4.31 Å². The van der Waals surface area contributed by atoms with Crippen molar-refractivity contribution in [3.05, 3.63) is 54.1 Å². The van der Waals surface area contributed by atoms with Gasteiger partial charge >= 0.3 is 0 Å². The van der Waals surface area contributed by atoms with E-state index >= 15 is 0 Å². The number of rotatable bonds is 5. The minimum absolute atomic E-state index is 0.137. The number of anilines is 2. The first-order valence-electron chi connectivity index (χ1n) is 10.7. The van der Waals surface area contributed by atoms with Crippen molar-refractivity contribution in [2.45, 2.75) is 31.1 Å². The molecule has 0 bridgehead atoms. The topological polar surface area (TPSA) is 104 Å². The Kier molecular flexibility index (Phi) is 6.28. The first-order valence-corrected chi connectivity index (χ1v) is 13.7. The lowest BCUT2D eigenvalue weighted by Crippen LogP contribution is -2.39. The number of hydrogen-bond donors (Lipinski definition) is 1. The number of carbonyl (C=O) groups excluding carboxylic acids is 1. The van der Waals surface area contributed by atoms with Gasteiger partial charge in [0.25, 0.3) is 5.91 Å². The zero-order valence-corrected chi connectivity index (χ0v) is 19.5. The van der Waals surface area contributed by atoms with Crippen molar-refractivity contribution < 1.29 is 21.6 Å². The smallest absolute Gasteiger partial charge is 0.255 e. The average molecular weight is 478 g/mol. The van der Waals surface area contributed by atoms with Crippen LogP contribution in [0.5, 0.6) is 0 Å². The minimum Gasteiger partial charge on any atom is -0.322 e. The molecule has 0 aromatic heterocycles. The average Bonchev–Trinajstić information content (AvgIpc) is 3.13. The number of hydrogen-bond acceptors (Lipinski definition) is 5. The van der Waals surface area contributed by atoms with Crippen LogP contribution in [0, 0.1) is 5.92 Å². The van der Waals surface area contributed by atoms with Gasteiger partial charge in [0.15, 0.2) is 0 Å². The molecule has 1 amide bonds. The number of nitrogens with zero attached hydrogens (tertiary/aromatic N) is 2. The Balaban J connectivity index is 1.43. The number of piperidine rings is 1. The van der Waals surface area contributed by atoms with Crippen LogP contribution in [0.4, 0.5) is 11.4 Å². The van der Waals surface area contributed by atoms with Crippen LogP contribution >= 0.6 is 0 Å². The molecule has 1 N–H and O–H groups in total. The molecule has 2 heterocycles. The molecular formula is C22H27N3O5S2. The van der Waals surface area contributed by atoms with E-state index in [2.05, 4.69) is 12.2 Å². The lowest BCUT2D eigenvalue weighted by atomic mass is 10.0. The maximum Gasteiger partial charge on any atom is 0.255 e. The third-order valence-corrected chi connectivity index (χ3v) is 9.64. The minimum atomic E-state index is -3.55. The van der Waals surface area contributed by atoms with Crippen LogP contribution < -0.4 is 9.62 Å². The molecule has 0 radical (unpaired) electrons. The van der Waals surface area contributed by atoms with Gasteiger partial charge in [-0.15, -0.1) is 0 Å². The number of nitrogens with one attached hydrogen (secondary N) is 1. The van der Waals surface area contributed by atoms with Gasteiger partial charge in [0.05, 0.1) is 16.3 Å². The normalized spacial score (nSPS) is 21.4. The molecule has 32 heavy (non-hydrogen) atoms. The molecule has 2 saturated heterocycles. The van der Waals surface area contributed by atoms with Crippen LogP contribution in [0.1, 0.15) is 36.5 Å². The Morgan fingerprint density at radius 1 is 1.00 bits per heavy atom. The molecule has 2 aliphatic heterocycles. The van der Waals surface area contributed by atoms with E-state index in [1.807, 2.05) is 0 Å². The molecule has 2 aromatic carbocycles. The summed E-state index contributed by atoms with van der Waals surface area (Å²) in [5, 5.41) is 2.75. The van der Waals surface area contributed by atoms with Crippen LogP contribution in [0.3, 0.4) is 0 Å². The third-order valence-electron chi connectivity index (χ3n) is 5.89. The second-order valence-electron chi connectivity index (χ2n) is 8.38. The van der Waals surface area contributed by atoms with E-state index in [1.54, 1.807) is 36.4 Å². The van der Waals surface area contributed by atoms with Gasteiger partial charge in [0, 0.05) is 30.9 Å². The highest BCUT2D eigenvalue weighted by molar-refractivity contribution is 7.93. The number of sulfonamides is 2. The molecule has 2 aromatic rings. The number of carbonyl (C=O) groups is 1. The Bertz CT molecular complexity index is 1190. The summed E-state index contributed by atoms with van der Waals surface area (Å²) in [6.45, 7) is 3.55. The molecule has 0 saturated carbocycles. The van der Waals surface area contributed by atoms with Crippen molar-refractivity contribution in [1.29, 1.82) is 0 Å². The monoisotopic (exact) mass is 477 g/mol. The second kappa shape index (κ2) is 8.84. The maximum atomic E-state index is 12.9. The molecule has 8 nitrogen and oxygen atoms in total. The van der Waals surface area contributed by atoms with Crippen LogP contribution in [-0.4, -0.2) is 52.4 Å². The Morgan fingerprint density at radius 3 is 2.28 bits per heavy atom. The first-order chi connectivity index (χ1) is 15.2. The van der Waals surface area contributed by atoms with Crippen LogP contribution in [-0.2, 0) is 20.0 Å². The molecule has 10 heteroatoms. The van der Waals surface area contributed by atoms with Gasteiger partial charge in [-0.05, 0) is 73.7 Å². The summed E-state index contributed by atoms with van der Waals surface area (Å²) in [7, 11) is -6.82. The Morgan fingerprint density at radius 2 is 1.69 bits per heavy atom. The van der Waals surface area contributed by atoms with Gasteiger partial charge in [0.2, 0.25) is 20.0 Å². The lowest BCUT2D eigenvalue weighted by molar-refractivity contribution is 0.102. The SMILES string of the molecule is CC1CCCN(S(=O)(=O)c2ccc(NC(=O)c3ccc(N4CCCS4(=O)=O)cc3)cc2)C1. The van der Waals surface area contributed by atoms with E-state index in [0.29, 0.717) is 48.9 Å². The molecule has 0 spiro atoms.